The van der Waals surface area contributed by atoms with Crippen molar-refractivity contribution in [3.63, 3.8) is 0 Å². The molecule has 9 nitrogen and oxygen atoms in total. The SMILES string of the molecule is CN1CCCC2(CCN(c3nc(NCC4(OCCO)CCOCC4)nc4ccn(C)c34)C2)C1. The number of hydrogen-bond donors (Lipinski definition) is 2. The molecule has 0 bridgehead atoms. The van der Waals surface area contributed by atoms with E-state index in [1.165, 1.54) is 32.4 Å². The predicted octanol–water partition coefficient (Wildman–Crippen LogP) is 1.86. The second kappa shape index (κ2) is 9.37. The number of aromatic nitrogens is 3. The molecule has 0 aromatic carbocycles. The van der Waals surface area contributed by atoms with Gasteiger partial charge in [0.1, 0.15) is 5.52 Å². The van der Waals surface area contributed by atoms with Crippen molar-refractivity contribution in [3.05, 3.63) is 12.3 Å². The molecule has 0 radical (unpaired) electrons. The standard InChI is InChI=1S/C24H38N6O3/c1-28-9-3-5-23(17-28)6-11-30(18-23)21-20-19(4-10-29(20)2)26-22(27-21)25-16-24(33-15-12-31)7-13-32-14-8-24/h4,10,31H,3,5-9,11-18H2,1-2H3,(H,25,26,27). The predicted molar refractivity (Wildman–Crippen MR) is 129 cm³/mol. The van der Waals surface area contributed by atoms with Crippen molar-refractivity contribution in [1.82, 2.24) is 19.4 Å². The van der Waals surface area contributed by atoms with E-state index >= 15 is 0 Å². The van der Waals surface area contributed by atoms with Crippen LogP contribution >= 0.6 is 0 Å². The van der Waals surface area contributed by atoms with Crippen LogP contribution in [0.3, 0.4) is 0 Å². The molecule has 0 aliphatic carbocycles. The van der Waals surface area contributed by atoms with Crippen molar-refractivity contribution in [3.8, 4) is 0 Å². The highest BCUT2D eigenvalue weighted by molar-refractivity contribution is 5.88. The first-order valence-electron chi connectivity index (χ1n) is 12.3. The second-order valence-electron chi connectivity index (χ2n) is 10.3. The van der Waals surface area contributed by atoms with Gasteiger partial charge in [-0.3, -0.25) is 0 Å². The van der Waals surface area contributed by atoms with E-state index in [0.29, 0.717) is 37.7 Å². The van der Waals surface area contributed by atoms with Crippen LogP contribution in [0.2, 0.25) is 0 Å². The second-order valence-corrected chi connectivity index (χ2v) is 10.3. The number of nitrogens with one attached hydrogen (secondary N) is 1. The highest BCUT2D eigenvalue weighted by Gasteiger charge is 2.41. The monoisotopic (exact) mass is 458 g/mol. The van der Waals surface area contributed by atoms with E-state index in [-0.39, 0.29) is 12.2 Å². The Bertz CT molecular complexity index is 959. The first kappa shape index (κ1) is 22.8. The maximum absolute atomic E-state index is 9.28. The maximum Gasteiger partial charge on any atom is 0.225 e. The Balaban J connectivity index is 1.39. The number of aliphatic hydroxyl groups is 1. The minimum atomic E-state index is -0.361. The van der Waals surface area contributed by atoms with Crippen molar-refractivity contribution < 1.29 is 14.6 Å². The Morgan fingerprint density at radius 2 is 1.97 bits per heavy atom. The first-order valence-corrected chi connectivity index (χ1v) is 12.3. The molecule has 0 amide bonds. The van der Waals surface area contributed by atoms with Gasteiger partial charge in [-0.1, -0.05) is 0 Å². The van der Waals surface area contributed by atoms with E-state index in [4.69, 9.17) is 19.4 Å². The molecular formula is C24H38N6O3. The van der Waals surface area contributed by atoms with Gasteiger partial charge < -0.3 is 34.3 Å². The largest absolute Gasteiger partial charge is 0.394 e. The third kappa shape index (κ3) is 4.69. The summed E-state index contributed by atoms with van der Waals surface area (Å²) in [5.74, 6) is 1.67. The Kier molecular flexibility index (Phi) is 6.48. The average molecular weight is 459 g/mol. The summed E-state index contributed by atoms with van der Waals surface area (Å²) in [7, 11) is 4.32. The lowest BCUT2D eigenvalue weighted by Crippen LogP contribution is -2.45. The number of rotatable bonds is 7. The summed E-state index contributed by atoms with van der Waals surface area (Å²) in [4.78, 5) is 14.8. The van der Waals surface area contributed by atoms with Gasteiger partial charge >= 0.3 is 0 Å². The summed E-state index contributed by atoms with van der Waals surface area (Å²) in [6.45, 7) is 6.74. The van der Waals surface area contributed by atoms with Crippen molar-refractivity contribution >= 4 is 22.8 Å². The summed E-state index contributed by atoms with van der Waals surface area (Å²) in [6.07, 6.45) is 7.45. The molecular weight excluding hydrogens is 420 g/mol. The number of anilines is 2. The molecule has 3 saturated heterocycles. The smallest absolute Gasteiger partial charge is 0.225 e. The van der Waals surface area contributed by atoms with Gasteiger partial charge in [0, 0.05) is 70.9 Å². The van der Waals surface area contributed by atoms with Gasteiger partial charge in [-0.05, 0) is 38.9 Å². The van der Waals surface area contributed by atoms with Crippen molar-refractivity contribution in [2.24, 2.45) is 12.5 Å². The zero-order valence-corrected chi connectivity index (χ0v) is 20.1. The van der Waals surface area contributed by atoms with Crippen molar-refractivity contribution in [2.75, 3.05) is 76.4 Å². The maximum atomic E-state index is 9.28. The van der Waals surface area contributed by atoms with E-state index in [9.17, 15) is 5.11 Å². The van der Waals surface area contributed by atoms with Gasteiger partial charge in [-0.15, -0.1) is 0 Å². The molecule has 1 atom stereocenters. The first-order chi connectivity index (χ1) is 16.0. The lowest BCUT2D eigenvalue weighted by Gasteiger charge is -2.38. The molecule has 5 heterocycles. The normalized spacial score (nSPS) is 25.8. The molecule has 2 aromatic heterocycles. The molecule has 2 N–H and O–H groups in total. The molecule has 2 aromatic rings. The van der Waals surface area contributed by atoms with Crippen LogP contribution in [0.4, 0.5) is 11.8 Å². The zero-order valence-electron chi connectivity index (χ0n) is 20.1. The van der Waals surface area contributed by atoms with Crippen molar-refractivity contribution in [1.29, 1.82) is 0 Å². The number of aliphatic hydroxyl groups excluding tert-OH is 1. The summed E-state index contributed by atoms with van der Waals surface area (Å²) in [5, 5.41) is 12.8. The molecule has 182 valence electrons. The van der Waals surface area contributed by atoms with Gasteiger partial charge in [-0.2, -0.15) is 4.98 Å². The third-order valence-corrected chi connectivity index (χ3v) is 7.76. The van der Waals surface area contributed by atoms with E-state index < -0.39 is 0 Å². The van der Waals surface area contributed by atoms with E-state index in [0.717, 1.165) is 42.8 Å². The number of aryl methyl sites for hydroxylation is 1. The van der Waals surface area contributed by atoms with Crippen LogP contribution in [0, 0.1) is 5.41 Å². The van der Waals surface area contributed by atoms with Gasteiger partial charge in [0.15, 0.2) is 5.82 Å². The molecule has 0 saturated carbocycles. The fraction of sp³-hybridized carbons (Fsp3) is 0.750. The Hall–Kier alpha value is -1.94. The number of fused-ring (bicyclic) bond motifs is 1. The molecule has 1 spiro atoms. The Labute approximate surface area is 196 Å². The quantitative estimate of drug-likeness (QED) is 0.650. The fourth-order valence-electron chi connectivity index (χ4n) is 5.99. The van der Waals surface area contributed by atoms with Crippen molar-refractivity contribution in [2.45, 2.75) is 37.7 Å². The molecule has 1 unspecified atom stereocenters. The van der Waals surface area contributed by atoms with E-state index in [1.807, 2.05) is 0 Å². The number of piperidine rings is 1. The topological polar surface area (TPSA) is 87.9 Å². The Morgan fingerprint density at radius 1 is 1.12 bits per heavy atom. The summed E-state index contributed by atoms with van der Waals surface area (Å²) >= 11 is 0. The van der Waals surface area contributed by atoms with Crippen LogP contribution in [-0.2, 0) is 16.5 Å². The van der Waals surface area contributed by atoms with Crippen LogP contribution in [0.15, 0.2) is 12.3 Å². The van der Waals surface area contributed by atoms with Crippen LogP contribution in [0.5, 0.6) is 0 Å². The van der Waals surface area contributed by atoms with Gasteiger partial charge in [0.2, 0.25) is 5.95 Å². The van der Waals surface area contributed by atoms with Crippen LogP contribution in [0.25, 0.3) is 11.0 Å². The molecule has 33 heavy (non-hydrogen) atoms. The van der Waals surface area contributed by atoms with Crippen LogP contribution < -0.4 is 10.2 Å². The minimum Gasteiger partial charge on any atom is -0.394 e. The van der Waals surface area contributed by atoms with Gasteiger partial charge in [0.25, 0.3) is 0 Å². The zero-order chi connectivity index (χ0) is 22.9. The number of nitrogens with zero attached hydrogens (tertiary/aromatic N) is 5. The van der Waals surface area contributed by atoms with Gasteiger partial charge in [-0.25, -0.2) is 4.98 Å². The van der Waals surface area contributed by atoms with E-state index in [1.54, 1.807) is 0 Å². The van der Waals surface area contributed by atoms with E-state index in [2.05, 4.69) is 46.0 Å². The number of likely N-dealkylation sites (tertiary alicyclic amines) is 1. The Morgan fingerprint density at radius 3 is 2.76 bits per heavy atom. The van der Waals surface area contributed by atoms with Gasteiger partial charge in [0.05, 0.1) is 24.3 Å². The minimum absolute atomic E-state index is 0.0190. The number of hydrogen-bond acceptors (Lipinski definition) is 8. The molecule has 3 aliphatic rings. The number of ether oxygens (including phenoxy) is 2. The highest BCUT2D eigenvalue weighted by atomic mass is 16.5. The fourth-order valence-corrected chi connectivity index (χ4v) is 5.99. The molecule has 5 rings (SSSR count). The highest BCUT2D eigenvalue weighted by Crippen LogP contribution is 2.41. The summed E-state index contributed by atoms with van der Waals surface area (Å²) in [5.41, 5.74) is 2.07. The lowest BCUT2D eigenvalue weighted by molar-refractivity contribution is -0.109. The molecule has 3 fully saturated rings. The van der Waals surface area contributed by atoms with Crippen LogP contribution in [0.1, 0.15) is 32.1 Å². The summed E-state index contributed by atoms with van der Waals surface area (Å²) in [6, 6.07) is 2.07. The average Bonchev–Trinajstić information content (AvgIpc) is 3.40. The molecule has 9 heteroatoms. The molecule has 3 aliphatic heterocycles. The summed E-state index contributed by atoms with van der Waals surface area (Å²) < 4.78 is 13.8. The lowest BCUT2D eigenvalue weighted by atomic mass is 9.79. The third-order valence-electron chi connectivity index (χ3n) is 7.76. The van der Waals surface area contributed by atoms with Crippen LogP contribution in [-0.4, -0.2) is 96.3 Å².